The molecule has 0 spiro atoms. The Morgan fingerprint density at radius 3 is 2.82 bits per heavy atom. The molecule has 0 unspecified atom stereocenters. The Bertz CT molecular complexity index is 947. The monoisotopic (exact) mass is 290 g/mol. The number of benzene rings is 1. The van der Waals surface area contributed by atoms with Crippen LogP contribution in [0.5, 0.6) is 5.88 Å². The average molecular weight is 290 g/mol. The van der Waals surface area contributed by atoms with Gasteiger partial charge in [-0.15, -0.1) is 5.10 Å². The van der Waals surface area contributed by atoms with Gasteiger partial charge >= 0.3 is 0 Å². The Balaban J connectivity index is 1.71. The molecular formula is C17H14N4O. The van der Waals surface area contributed by atoms with E-state index in [4.69, 9.17) is 4.74 Å². The lowest BCUT2D eigenvalue weighted by Crippen LogP contribution is -1.97. The van der Waals surface area contributed by atoms with E-state index < -0.39 is 0 Å². The molecule has 5 nitrogen and oxygen atoms in total. The molecule has 0 fully saturated rings. The third-order valence-corrected chi connectivity index (χ3v) is 3.62. The molecule has 108 valence electrons. The fourth-order valence-electron chi connectivity index (χ4n) is 2.46. The first-order valence-corrected chi connectivity index (χ1v) is 7.08. The summed E-state index contributed by atoms with van der Waals surface area (Å²) in [7, 11) is 0. The van der Waals surface area contributed by atoms with Crippen LogP contribution in [0, 0.1) is 6.92 Å². The van der Waals surface area contributed by atoms with Crippen molar-refractivity contribution in [1.29, 1.82) is 0 Å². The number of pyridine rings is 1. The predicted octanol–water partition coefficient (Wildman–Crippen LogP) is 3.16. The normalized spacial score (nSPS) is 11.1. The topological polar surface area (TPSA) is 52.3 Å². The molecule has 0 aliphatic rings. The van der Waals surface area contributed by atoms with Crippen LogP contribution in [0.4, 0.5) is 0 Å². The van der Waals surface area contributed by atoms with Crippen LogP contribution >= 0.6 is 0 Å². The maximum absolute atomic E-state index is 5.77. The molecule has 0 saturated heterocycles. The van der Waals surface area contributed by atoms with Gasteiger partial charge < -0.3 is 4.74 Å². The van der Waals surface area contributed by atoms with Gasteiger partial charge in [0.2, 0.25) is 5.88 Å². The van der Waals surface area contributed by atoms with Crippen molar-refractivity contribution in [2.75, 3.05) is 0 Å². The SMILES string of the molecule is Cc1nccc2c1cnc1cc(OCc3ccccc3)nn12. The zero-order valence-electron chi connectivity index (χ0n) is 12.1. The first kappa shape index (κ1) is 12.8. The summed E-state index contributed by atoms with van der Waals surface area (Å²) in [5.41, 5.74) is 3.79. The molecule has 22 heavy (non-hydrogen) atoms. The van der Waals surface area contributed by atoms with E-state index in [1.165, 1.54) is 0 Å². The summed E-state index contributed by atoms with van der Waals surface area (Å²) >= 11 is 0. The molecule has 3 aromatic heterocycles. The van der Waals surface area contributed by atoms with Crippen LogP contribution in [-0.2, 0) is 6.61 Å². The van der Waals surface area contributed by atoms with Crippen molar-refractivity contribution in [3.05, 3.63) is 66.1 Å². The van der Waals surface area contributed by atoms with Crippen LogP contribution in [-0.4, -0.2) is 19.6 Å². The fourth-order valence-corrected chi connectivity index (χ4v) is 2.46. The molecule has 0 aliphatic heterocycles. The van der Waals surface area contributed by atoms with E-state index in [1.54, 1.807) is 10.7 Å². The lowest BCUT2D eigenvalue weighted by molar-refractivity contribution is 0.292. The van der Waals surface area contributed by atoms with Gasteiger partial charge in [-0.3, -0.25) is 4.98 Å². The van der Waals surface area contributed by atoms with Crippen molar-refractivity contribution in [2.45, 2.75) is 13.5 Å². The van der Waals surface area contributed by atoms with Crippen LogP contribution in [0.25, 0.3) is 16.6 Å². The minimum absolute atomic E-state index is 0.489. The zero-order chi connectivity index (χ0) is 14.9. The van der Waals surface area contributed by atoms with Gasteiger partial charge in [0, 0.05) is 29.5 Å². The summed E-state index contributed by atoms with van der Waals surface area (Å²) in [4.78, 5) is 8.71. The Kier molecular flexibility index (Phi) is 2.96. The van der Waals surface area contributed by atoms with Crippen LogP contribution in [0.15, 0.2) is 54.9 Å². The molecule has 5 heteroatoms. The summed E-state index contributed by atoms with van der Waals surface area (Å²) in [6, 6.07) is 13.8. The molecular weight excluding hydrogens is 276 g/mol. The second-order valence-electron chi connectivity index (χ2n) is 5.11. The molecule has 1 aromatic carbocycles. The highest BCUT2D eigenvalue weighted by atomic mass is 16.5. The molecule has 4 aromatic rings. The molecule has 0 radical (unpaired) electrons. The maximum Gasteiger partial charge on any atom is 0.235 e. The smallest absolute Gasteiger partial charge is 0.235 e. The summed E-state index contributed by atoms with van der Waals surface area (Å²) in [6.45, 7) is 2.45. The van der Waals surface area contributed by atoms with Crippen LogP contribution in [0.1, 0.15) is 11.3 Å². The fraction of sp³-hybridized carbons (Fsp3) is 0.118. The minimum atomic E-state index is 0.489. The highest BCUT2D eigenvalue weighted by Crippen LogP contribution is 2.20. The van der Waals surface area contributed by atoms with Gasteiger partial charge in [0.1, 0.15) is 6.61 Å². The van der Waals surface area contributed by atoms with Crippen LogP contribution in [0.3, 0.4) is 0 Å². The van der Waals surface area contributed by atoms with E-state index in [2.05, 4.69) is 15.1 Å². The molecule has 0 amide bonds. The third-order valence-electron chi connectivity index (χ3n) is 3.62. The highest BCUT2D eigenvalue weighted by molar-refractivity contribution is 5.82. The summed E-state index contributed by atoms with van der Waals surface area (Å²) in [5.74, 6) is 0.568. The number of hydrogen-bond acceptors (Lipinski definition) is 4. The summed E-state index contributed by atoms with van der Waals surface area (Å²) in [6.07, 6.45) is 3.61. The van der Waals surface area contributed by atoms with Crippen molar-refractivity contribution in [3.63, 3.8) is 0 Å². The quantitative estimate of drug-likeness (QED) is 0.581. The summed E-state index contributed by atoms with van der Waals surface area (Å²) < 4.78 is 7.56. The lowest BCUT2D eigenvalue weighted by atomic mass is 10.2. The van der Waals surface area contributed by atoms with E-state index >= 15 is 0 Å². The number of aryl methyl sites for hydroxylation is 1. The van der Waals surface area contributed by atoms with Crippen molar-refractivity contribution in [2.24, 2.45) is 0 Å². The van der Waals surface area contributed by atoms with E-state index in [-0.39, 0.29) is 0 Å². The van der Waals surface area contributed by atoms with Gasteiger partial charge in [-0.1, -0.05) is 30.3 Å². The average Bonchev–Trinajstić information content (AvgIpc) is 2.98. The number of hydrogen-bond donors (Lipinski definition) is 0. The van der Waals surface area contributed by atoms with Crippen molar-refractivity contribution in [1.82, 2.24) is 19.6 Å². The molecule has 0 N–H and O–H groups in total. The van der Waals surface area contributed by atoms with Gasteiger partial charge in [-0.25, -0.2) is 9.50 Å². The van der Waals surface area contributed by atoms with Crippen LogP contribution in [0.2, 0.25) is 0 Å². The maximum atomic E-state index is 5.77. The molecule has 0 bridgehead atoms. The van der Waals surface area contributed by atoms with E-state index in [0.717, 1.165) is 27.8 Å². The number of aromatic nitrogens is 4. The van der Waals surface area contributed by atoms with E-state index in [0.29, 0.717) is 12.5 Å². The van der Waals surface area contributed by atoms with Crippen molar-refractivity contribution in [3.8, 4) is 5.88 Å². The second-order valence-corrected chi connectivity index (χ2v) is 5.11. The lowest BCUT2D eigenvalue weighted by Gasteiger charge is -2.02. The zero-order valence-corrected chi connectivity index (χ0v) is 12.1. The number of fused-ring (bicyclic) bond motifs is 3. The molecule has 0 atom stereocenters. The van der Waals surface area contributed by atoms with Gasteiger partial charge in [0.05, 0.1) is 5.52 Å². The Morgan fingerprint density at radius 1 is 1.09 bits per heavy atom. The minimum Gasteiger partial charge on any atom is -0.472 e. The molecule has 0 aliphatic carbocycles. The van der Waals surface area contributed by atoms with Gasteiger partial charge in [-0.2, -0.15) is 0 Å². The standard InChI is InChI=1S/C17H14N4O/c1-12-14-10-19-16-9-17(20-21(16)15(14)7-8-18-12)22-11-13-5-3-2-4-6-13/h2-10H,11H2,1H3. The van der Waals surface area contributed by atoms with Gasteiger partial charge in [0.25, 0.3) is 0 Å². The first-order valence-electron chi connectivity index (χ1n) is 7.08. The number of ether oxygens (including phenoxy) is 1. The molecule has 0 saturated carbocycles. The van der Waals surface area contributed by atoms with Crippen molar-refractivity contribution < 1.29 is 4.74 Å². The summed E-state index contributed by atoms with van der Waals surface area (Å²) in [5, 5.41) is 5.49. The predicted molar refractivity (Wildman–Crippen MR) is 83.8 cm³/mol. The molecule has 4 rings (SSSR count). The highest BCUT2D eigenvalue weighted by Gasteiger charge is 2.08. The second kappa shape index (κ2) is 5.11. The van der Waals surface area contributed by atoms with Gasteiger partial charge in [-0.05, 0) is 18.6 Å². The number of rotatable bonds is 3. The Hall–Kier alpha value is -2.95. The van der Waals surface area contributed by atoms with Crippen LogP contribution < -0.4 is 4.74 Å². The van der Waals surface area contributed by atoms with E-state index in [1.807, 2.05) is 55.6 Å². The van der Waals surface area contributed by atoms with Crippen molar-refractivity contribution >= 4 is 16.6 Å². The van der Waals surface area contributed by atoms with E-state index in [9.17, 15) is 0 Å². The first-order chi connectivity index (χ1) is 10.8. The Labute approximate surface area is 127 Å². The molecule has 3 heterocycles. The van der Waals surface area contributed by atoms with Gasteiger partial charge in [0.15, 0.2) is 5.65 Å². The number of nitrogens with zero attached hydrogens (tertiary/aromatic N) is 4. The third kappa shape index (κ3) is 2.16. The Morgan fingerprint density at radius 2 is 1.95 bits per heavy atom. The largest absolute Gasteiger partial charge is 0.472 e.